The van der Waals surface area contributed by atoms with Gasteiger partial charge in [-0.15, -0.1) is 0 Å². The number of aryl methyl sites for hydroxylation is 2. The lowest BCUT2D eigenvalue weighted by molar-refractivity contribution is 0.981. The molecule has 0 amide bonds. The fraction of sp³-hybridized carbons (Fsp3) is 0.429. The van der Waals surface area contributed by atoms with E-state index < -0.39 is 0 Å². The van der Waals surface area contributed by atoms with Crippen LogP contribution in [-0.2, 0) is 6.42 Å². The van der Waals surface area contributed by atoms with E-state index in [2.05, 4.69) is 16.9 Å². The summed E-state index contributed by atoms with van der Waals surface area (Å²) in [5.41, 5.74) is 2.36. The van der Waals surface area contributed by atoms with Gasteiger partial charge < -0.3 is 4.98 Å². The third-order valence-corrected chi connectivity index (χ3v) is 1.70. The Morgan fingerprint density at radius 1 is 1.70 bits per heavy atom. The Hall–Kier alpha value is -0.700. The molecular weight excluding hydrogens is 144 g/mol. The maximum absolute atomic E-state index is 4.84. The van der Waals surface area contributed by atoms with E-state index in [4.69, 9.17) is 12.2 Å². The van der Waals surface area contributed by atoms with E-state index in [9.17, 15) is 0 Å². The third kappa shape index (κ3) is 1.42. The smallest absolute Gasteiger partial charge is 0.196 e. The van der Waals surface area contributed by atoms with Crippen molar-refractivity contribution in [2.24, 2.45) is 0 Å². The van der Waals surface area contributed by atoms with Crippen molar-refractivity contribution in [1.29, 1.82) is 0 Å². The minimum absolute atomic E-state index is 0.565. The molecule has 0 atom stereocenters. The molecular formula is C7H10N2S. The Balaban J connectivity index is 3.19. The average Bonchev–Trinajstić information content (AvgIpc) is 1.88. The highest BCUT2D eigenvalue weighted by atomic mass is 32.1. The number of rotatable bonds is 1. The molecule has 0 aromatic carbocycles. The van der Waals surface area contributed by atoms with Crippen molar-refractivity contribution in [1.82, 2.24) is 9.97 Å². The minimum atomic E-state index is 0.565. The molecule has 0 fully saturated rings. The number of hydrogen-bond acceptors (Lipinski definition) is 2. The SMILES string of the molecule is CCc1cnc(=S)[nH]c1C. The van der Waals surface area contributed by atoms with Crippen molar-refractivity contribution in [3.8, 4) is 0 Å². The summed E-state index contributed by atoms with van der Waals surface area (Å²) in [7, 11) is 0. The van der Waals surface area contributed by atoms with E-state index in [1.54, 1.807) is 0 Å². The molecule has 0 aliphatic carbocycles. The average molecular weight is 154 g/mol. The zero-order valence-corrected chi connectivity index (χ0v) is 6.96. The van der Waals surface area contributed by atoms with Gasteiger partial charge >= 0.3 is 0 Å². The Bertz CT molecular complexity index is 277. The van der Waals surface area contributed by atoms with Gasteiger partial charge in [0.2, 0.25) is 0 Å². The van der Waals surface area contributed by atoms with Crippen LogP contribution in [0.3, 0.4) is 0 Å². The molecule has 0 spiro atoms. The maximum Gasteiger partial charge on any atom is 0.196 e. The van der Waals surface area contributed by atoms with Gasteiger partial charge in [-0.25, -0.2) is 4.98 Å². The predicted molar refractivity (Wildman–Crippen MR) is 43.5 cm³/mol. The zero-order chi connectivity index (χ0) is 7.56. The van der Waals surface area contributed by atoms with Gasteiger partial charge in [-0.1, -0.05) is 6.92 Å². The van der Waals surface area contributed by atoms with Crippen LogP contribution in [0.2, 0.25) is 0 Å². The lowest BCUT2D eigenvalue weighted by Crippen LogP contribution is -1.92. The maximum atomic E-state index is 4.84. The second-order valence-electron chi connectivity index (χ2n) is 2.19. The van der Waals surface area contributed by atoms with Crippen molar-refractivity contribution >= 4 is 12.2 Å². The van der Waals surface area contributed by atoms with Crippen molar-refractivity contribution in [3.05, 3.63) is 22.2 Å². The summed E-state index contributed by atoms with van der Waals surface area (Å²) in [4.78, 5) is 6.96. The number of hydrogen-bond donors (Lipinski definition) is 1. The Morgan fingerprint density at radius 3 is 2.90 bits per heavy atom. The van der Waals surface area contributed by atoms with Crippen LogP contribution in [0.5, 0.6) is 0 Å². The lowest BCUT2D eigenvalue weighted by Gasteiger charge is -1.99. The number of aromatic nitrogens is 2. The number of aromatic amines is 1. The van der Waals surface area contributed by atoms with E-state index in [1.807, 2.05) is 13.1 Å². The molecule has 3 heteroatoms. The van der Waals surface area contributed by atoms with Crippen molar-refractivity contribution in [3.63, 3.8) is 0 Å². The quantitative estimate of drug-likeness (QED) is 0.627. The Morgan fingerprint density at radius 2 is 2.40 bits per heavy atom. The molecule has 1 rings (SSSR count). The molecule has 0 bridgehead atoms. The van der Waals surface area contributed by atoms with Crippen LogP contribution in [0.4, 0.5) is 0 Å². The van der Waals surface area contributed by atoms with Crippen LogP contribution in [0.1, 0.15) is 18.2 Å². The molecule has 0 aliphatic heterocycles. The highest BCUT2D eigenvalue weighted by molar-refractivity contribution is 7.71. The Kier molecular flexibility index (Phi) is 2.17. The van der Waals surface area contributed by atoms with Crippen molar-refractivity contribution in [2.75, 3.05) is 0 Å². The van der Waals surface area contributed by atoms with Gasteiger partial charge in [0, 0.05) is 11.9 Å². The molecule has 1 N–H and O–H groups in total. The fourth-order valence-electron chi connectivity index (χ4n) is 0.863. The van der Waals surface area contributed by atoms with E-state index in [-0.39, 0.29) is 0 Å². The van der Waals surface area contributed by atoms with Gasteiger partial charge in [-0.05, 0) is 31.1 Å². The number of nitrogens with zero attached hydrogens (tertiary/aromatic N) is 1. The number of H-pyrrole nitrogens is 1. The van der Waals surface area contributed by atoms with Crippen molar-refractivity contribution < 1.29 is 0 Å². The molecule has 54 valence electrons. The molecule has 10 heavy (non-hydrogen) atoms. The highest BCUT2D eigenvalue weighted by Crippen LogP contribution is 2.01. The minimum Gasteiger partial charge on any atom is -0.335 e. The molecule has 0 unspecified atom stereocenters. The predicted octanol–water partition coefficient (Wildman–Crippen LogP) is 2.01. The topological polar surface area (TPSA) is 28.7 Å². The van der Waals surface area contributed by atoms with Gasteiger partial charge in [-0.2, -0.15) is 0 Å². The Labute approximate surface area is 65.3 Å². The summed E-state index contributed by atoms with van der Waals surface area (Å²) in [5, 5.41) is 0. The molecule has 1 heterocycles. The fourth-order valence-corrected chi connectivity index (χ4v) is 1.07. The second-order valence-corrected chi connectivity index (χ2v) is 2.58. The molecule has 1 aromatic rings. The molecule has 0 saturated heterocycles. The van der Waals surface area contributed by atoms with Crippen LogP contribution in [0.25, 0.3) is 0 Å². The van der Waals surface area contributed by atoms with Gasteiger partial charge in [0.05, 0.1) is 0 Å². The van der Waals surface area contributed by atoms with Gasteiger partial charge in [0.25, 0.3) is 0 Å². The summed E-state index contributed by atoms with van der Waals surface area (Å²) < 4.78 is 0.565. The summed E-state index contributed by atoms with van der Waals surface area (Å²) in [6, 6.07) is 0. The largest absolute Gasteiger partial charge is 0.335 e. The van der Waals surface area contributed by atoms with Gasteiger partial charge in [0.15, 0.2) is 4.77 Å². The lowest BCUT2D eigenvalue weighted by atomic mass is 10.2. The summed E-state index contributed by atoms with van der Waals surface area (Å²) in [6.07, 6.45) is 2.83. The molecule has 0 aliphatic rings. The summed E-state index contributed by atoms with van der Waals surface area (Å²) >= 11 is 4.84. The van der Waals surface area contributed by atoms with Crippen LogP contribution in [0, 0.1) is 11.7 Å². The summed E-state index contributed by atoms with van der Waals surface area (Å²) in [5.74, 6) is 0. The van der Waals surface area contributed by atoms with Crippen LogP contribution < -0.4 is 0 Å². The third-order valence-electron chi connectivity index (χ3n) is 1.49. The zero-order valence-electron chi connectivity index (χ0n) is 6.14. The molecule has 1 aromatic heterocycles. The first kappa shape index (κ1) is 7.41. The van der Waals surface area contributed by atoms with E-state index in [0.29, 0.717) is 4.77 Å². The number of nitrogens with one attached hydrogen (secondary N) is 1. The molecule has 0 saturated carbocycles. The monoisotopic (exact) mass is 154 g/mol. The highest BCUT2D eigenvalue weighted by Gasteiger charge is 1.93. The second kappa shape index (κ2) is 2.92. The first-order valence-electron chi connectivity index (χ1n) is 3.29. The standard InChI is InChI=1S/C7H10N2S/c1-3-6-4-8-7(10)9-5(6)2/h4H,3H2,1-2H3,(H,8,9,10). The normalized spacial score (nSPS) is 9.80. The summed E-state index contributed by atoms with van der Waals surface area (Å²) in [6.45, 7) is 4.11. The van der Waals surface area contributed by atoms with E-state index in [0.717, 1.165) is 12.1 Å². The molecule has 0 radical (unpaired) electrons. The first-order valence-corrected chi connectivity index (χ1v) is 3.69. The van der Waals surface area contributed by atoms with E-state index >= 15 is 0 Å². The van der Waals surface area contributed by atoms with Gasteiger partial charge in [-0.3, -0.25) is 0 Å². The van der Waals surface area contributed by atoms with Crippen LogP contribution in [-0.4, -0.2) is 9.97 Å². The van der Waals surface area contributed by atoms with Crippen molar-refractivity contribution in [2.45, 2.75) is 20.3 Å². The van der Waals surface area contributed by atoms with Crippen LogP contribution >= 0.6 is 12.2 Å². The van der Waals surface area contributed by atoms with E-state index in [1.165, 1.54) is 5.56 Å². The van der Waals surface area contributed by atoms with Crippen LogP contribution in [0.15, 0.2) is 6.20 Å². The molecule has 2 nitrogen and oxygen atoms in total. The van der Waals surface area contributed by atoms with Gasteiger partial charge in [0.1, 0.15) is 0 Å². The first-order chi connectivity index (χ1) is 4.74.